The highest BCUT2D eigenvalue weighted by atomic mass is 32.2. The Morgan fingerprint density at radius 1 is 1.00 bits per heavy atom. The summed E-state index contributed by atoms with van der Waals surface area (Å²) in [5, 5.41) is 12.2. The first kappa shape index (κ1) is 32.2. The standard InChI is InChI=1S/C29H36N2O8S2/c1-29(18-8-3-6-15-28(32)33)25-22-24(41(37,38)39)16-17-26(25)31(20-10-11-21-40(34,35)36)27(29)14-7-9-19-30-23-12-4-2-5-13-23/h2,4-5,7,9,12-14,16-17,19,22H,3,6,8,10-11,15,18,20-21H2,1H3,(H3,32,33,34,35,36,37,38,39). The summed E-state index contributed by atoms with van der Waals surface area (Å²) in [6, 6.07) is 14.0. The number of aliphatic carboxylic acids is 1. The minimum atomic E-state index is -4.47. The molecule has 2 aromatic carbocycles. The molecule has 0 aliphatic carbocycles. The Morgan fingerprint density at radius 3 is 2.39 bits per heavy atom. The van der Waals surface area contributed by atoms with Gasteiger partial charge in [-0.15, -0.1) is 0 Å². The van der Waals surface area contributed by atoms with E-state index in [1.165, 1.54) is 12.1 Å². The number of rotatable bonds is 16. The van der Waals surface area contributed by atoms with Crippen molar-refractivity contribution < 1.29 is 40.4 Å². The van der Waals surface area contributed by atoms with E-state index in [0.29, 0.717) is 44.2 Å². The van der Waals surface area contributed by atoms with Gasteiger partial charge in [-0.3, -0.25) is 9.35 Å². The van der Waals surface area contributed by atoms with Crippen LogP contribution in [0.15, 0.2) is 77.9 Å². The first-order valence-electron chi connectivity index (χ1n) is 13.4. The third-order valence-electron chi connectivity index (χ3n) is 7.09. The van der Waals surface area contributed by atoms with E-state index >= 15 is 0 Å². The molecule has 1 atom stereocenters. The van der Waals surface area contributed by atoms with Crippen molar-refractivity contribution in [3.05, 3.63) is 78.5 Å². The van der Waals surface area contributed by atoms with Crippen LogP contribution < -0.4 is 5.32 Å². The molecule has 2 aromatic rings. The highest BCUT2D eigenvalue weighted by molar-refractivity contribution is 7.86. The number of hydrogen-bond donors (Lipinski definition) is 3. The molecule has 1 heterocycles. The number of allylic oxidation sites excluding steroid dienone is 3. The molecule has 0 radical (unpaired) electrons. The summed E-state index contributed by atoms with van der Waals surface area (Å²) < 4.78 is 69.1. The van der Waals surface area contributed by atoms with Crippen molar-refractivity contribution in [2.45, 2.75) is 62.2 Å². The largest absolute Gasteiger partial charge is 0.748 e. The first-order valence-corrected chi connectivity index (χ1v) is 16.4. The third-order valence-corrected chi connectivity index (χ3v) is 8.72. The van der Waals surface area contributed by atoms with Gasteiger partial charge in [0.2, 0.25) is 5.69 Å². The fraction of sp³-hybridized carbons (Fsp3) is 0.379. The fourth-order valence-corrected chi connectivity index (χ4v) is 6.12. The van der Waals surface area contributed by atoms with Gasteiger partial charge >= 0.3 is 5.97 Å². The lowest BCUT2D eigenvalue weighted by molar-refractivity contribution is -0.438. The smallest absolute Gasteiger partial charge is 0.303 e. The molecule has 1 aliphatic heterocycles. The number of para-hydroxylation sites is 1. The molecule has 1 aliphatic rings. The van der Waals surface area contributed by atoms with Crippen molar-refractivity contribution in [2.75, 3.05) is 17.6 Å². The normalized spacial score (nSPS) is 17.4. The second kappa shape index (κ2) is 14.0. The molecule has 3 N–H and O–H groups in total. The second-order valence-electron chi connectivity index (χ2n) is 10.2. The van der Waals surface area contributed by atoms with E-state index in [2.05, 4.69) is 5.32 Å². The highest BCUT2D eigenvalue weighted by Crippen LogP contribution is 2.44. The van der Waals surface area contributed by atoms with Gasteiger partial charge in [-0.2, -0.15) is 13.0 Å². The van der Waals surface area contributed by atoms with Crippen molar-refractivity contribution in [1.82, 2.24) is 0 Å². The molecule has 0 saturated carbocycles. The van der Waals surface area contributed by atoms with E-state index in [-0.39, 0.29) is 17.7 Å². The summed E-state index contributed by atoms with van der Waals surface area (Å²) in [5.74, 6) is -1.34. The molecule has 0 saturated heterocycles. The van der Waals surface area contributed by atoms with Crippen LogP contribution in [-0.2, 0) is 30.4 Å². The van der Waals surface area contributed by atoms with Crippen molar-refractivity contribution in [1.29, 1.82) is 0 Å². The second-order valence-corrected chi connectivity index (χ2v) is 13.1. The van der Waals surface area contributed by atoms with E-state index in [1.54, 1.807) is 12.3 Å². The molecule has 0 fully saturated rings. The van der Waals surface area contributed by atoms with E-state index in [9.17, 15) is 30.7 Å². The Bertz CT molecular complexity index is 1530. The van der Waals surface area contributed by atoms with Crippen LogP contribution in [0.4, 0.5) is 11.4 Å². The van der Waals surface area contributed by atoms with Crippen LogP contribution in [0.5, 0.6) is 0 Å². The average Bonchev–Trinajstić information content (AvgIpc) is 3.12. The molecular weight excluding hydrogens is 568 g/mol. The number of nitrogens with one attached hydrogen (secondary N) is 1. The van der Waals surface area contributed by atoms with Gasteiger partial charge in [0.05, 0.1) is 20.4 Å². The van der Waals surface area contributed by atoms with Crippen LogP contribution in [0.25, 0.3) is 0 Å². The predicted octanol–water partition coefficient (Wildman–Crippen LogP) is 4.83. The maximum Gasteiger partial charge on any atom is 0.303 e. The van der Waals surface area contributed by atoms with Crippen LogP contribution in [0.1, 0.15) is 57.4 Å². The summed E-state index contributed by atoms with van der Waals surface area (Å²) in [7, 11) is -8.82. The lowest BCUT2D eigenvalue weighted by Gasteiger charge is -2.23. The molecule has 222 valence electrons. The SMILES string of the molecule is CC1(CCCCCC(=O)O)C(C=CC=CNc2ccccc2)=[N+](CCCCS(=O)(=O)[O-])c2ccc(S(=O)(=O)O)cc21. The number of carboxylic acids is 1. The summed E-state index contributed by atoms with van der Waals surface area (Å²) in [6.07, 6.45) is 10.4. The molecule has 10 nitrogen and oxygen atoms in total. The average molecular weight is 605 g/mol. The Hall–Kier alpha value is -3.32. The van der Waals surface area contributed by atoms with Gasteiger partial charge in [-0.25, -0.2) is 8.42 Å². The Labute approximate surface area is 241 Å². The number of unbranched alkanes of at least 4 members (excludes halogenated alkanes) is 3. The van der Waals surface area contributed by atoms with Crippen LogP contribution in [0.3, 0.4) is 0 Å². The molecule has 0 amide bonds. The maximum absolute atomic E-state index is 12.0. The number of carbonyl (C=O) groups is 1. The molecular formula is C29H36N2O8S2. The van der Waals surface area contributed by atoms with Crippen LogP contribution in [0, 0.1) is 0 Å². The van der Waals surface area contributed by atoms with Crippen molar-refractivity contribution in [3.8, 4) is 0 Å². The minimum Gasteiger partial charge on any atom is -0.748 e. The molecule has 1 unspecified atom stereocenters. The summed E-state index contributed by atoms with van der Waals surface area (Å²) in [5.41, 5.74) is 2.47. The molecule has 12 heteroatoms. The number of carboxylic acid groups (broad SMARTS) is 1. The number of benzene rings is 2. The minimum absolute atomic E-state index is 0.0602. The van der Waals surface area contributed by atoms with E-state index in [4.69, 9.17) is 5.11 Å². The monoisotopic (exact) mass is 604 g/mol. The van der Waals surface area contributed by atoms with Crippen LogP contribution >= 0.6 is 0 Å². The third kappa shape index (κ3) is 9.35. The topological polar surface area (TPSA) is 164 Å². The Balaban J connectivity index is 1.98. The van der Waals surface area contributed by atoms with Crippen LogP contribution in [0.2, 0.25) is 0 Å². The van der Waals surface area contributed by atoms with Gasteiger partial charge < -0.3 is 15.0 Å². The molecule has 0 spiro atoms. The van der Waals surface area contributed by atoms with Crippen LogP contribution in [-0.4, -0.2) is 59.6 Å². The maximum atomic E-state index is 12.0. The highest BCUT2D eigenvalue weighted by Gasteiger charge is 2.47. The zero-order valence-electron chi connectivity index (χ0n) is 22.9. The quantitative estimate of drug-likeness (QED) is 0.105. The van der Waals surface area contributed by atoms with Gasteiger partial charge in [-0.05, 0) is 56.5 Å². The van der Waals surface area contributed by atoms with Gasteiger partial charge in [0, 0.05) is 48.2 Å². The van der Waals surface area contributed by atoms with Gasteiger partial charge in [0.25, 0.3) is 10.1 Å². The lowest BCUT2D eigenvalue weighted by Crippen LogP contribution is -2.31. The Morgan fingerprint density at radius 2 is 1.73 bits per heavy atom. The zero-order chi connectivity index (χ0) is 30.1. The number of fused-ring (bicyclic) bond motifs is 1. The lowest BCUT2D eigenvalue weighted by atomic mass is 9.75. The number of nitrogens with zero attached hydrogens (tertiary/aromatic N) is 1. The van der Waals surface area contributed by atoms with Crippen molar-refractivity contribution in [2.24, 2.45) is 0 Å². The number of anilines is 1. The zero-order valence-corrected chi connectivity index (χ0v) is 24.5. The van der Waals surface area contributed by atoms with E-state index in [0.717, 1.165) is 17.1 Å². The number of hydrogen-bond acceptors (Lipinski definition) is 7. The summed E-state index contributed by atoms with van der Waals surface area (Å²) in [4.78, 5) is 10.7. The molecule has 0 bridgehead atoms. The fourth-order valence-electron chi connectivity index (χ4n) is 5.06. The summed E-state index contributed by atoms with van der Waals surface area (Å²) >= 11 is 0. The van der Waals surface area contributed by atoms with Gasteiger partial charge in [-0.1, -0.05) is 37.1 Å². The summed E-state index contributed by atoms with van der Waals surface area (Å²) in [6.45, 7) is 2.36. The predicted molar refractivity (Wildman–Crippen MR) is 156 cm³/mol. The van der Waals surface area contributed by atoms with E-state index < -0.39 is 37.4 Å². The van der Waals surface area contributed by atoms with Gasteiger partial charge in [0.15, 0.2) is 5.71 Å². The van der Waals surface area contributed by atoms with Crippen molar-refractivity contribution in [3.63, 3.8) is 0 Å². The molecule has 3 rings (SSSR count). The first-order chi connectivity index (χ1) is 19.3. The van der Waals surface area contributed by atoms with E-state index in [1.807, 2.05) is 60.1 Å². The molecule has 0 aromatic heterocycles. The molecule has 41 heavy (non-hydrogen) atoms. The van der Waals surface area contributed by atoms with Crippen molar-refractivity contribution >= 4 is 43.3 Å². The van der Waals surface area contributed by atoms with Gasteiger partial charge in [0.1, 0.15) is 6.54 Å². The Kier molecular flexibility index (Phi) is 11.0.